The van der Waals surface area contributed by atoms with Crippen molar-refractivity contribution in [3.8, 4) is 11.5 Å². The van der Waals surface area contributed by atoms with E-state index in [0.717, 1.165) is 16.7 Å². The first-order valence-electron chi connectivity index (χ1n) is 9.33. The number of hydrogen-bond acceptors (Lipinski definition) is 3. The Morgan fingerprint density at radius 1 is 0.929 bits per heavy atom. The minimum absolute atomic E-state index is 0.0636. The van der Waals surface area contributed by atoms with Gasteiger partial charge in [0.05, 0.1) is 12.7 Å². The van der Waals surface area contributed by atoms with Crippen LogP contribution in [0.2, 0.25) is 0 Å². The summed E-state index contributed by atoms with van der Waals surface area (Å²) < 4.78 is 11.8. The van der Waals surface area contributed by atoms with Gasteiger partial charge in [0.1, 0.15) is 0 Å². The van der Waals surface area contributed by atoms with Gasteiger partial charge in [-0.1, -0.05) is 65.7 Å². The third kappa shape index (κ3) is 3.33. The largest absolute Gasteiger partial charge is 0.493 e. The number of aryl methyl sites for hydroxylation is 2. The summed E-state index contributed by atoms with van der Waals surface area (Å²) in [4.78, 5) is 15.2. The lowest BCUT2D eigenvalue weighted by atomic mass is 10.0. The predicted molar refractivity (Wildman–Crippen MR) is 109 cm³/mol. The SMILES string of the molecule is COc1cccc2c1OC(c1ccc(C)cc1)N(Cc1ccc(C)cc1)C2=O. The van der Waals surface area contributed by atoms with Crippen LogP contribution in [0.5, 0.6) is 11.5 Å². The van der Waals surface area contributed by atoms with Crippen molar-refractivity contribution >= 4 is 5.91 Å². The summed E-state index contributed by atoms with van der Waals surface area (Å²) in [5.41, 5.74) is 4.87. The first-order valence-corrected chi connectivity index (χ1v) is 9.33. The molecule has 0 N–H and O–H groups in total. The molecule has 1 aliphatic rings. The number of ether oxygens (including phenoxy) is 2. The molecule has 0 aliphatic carbocycles. The Kier molecular flexibility index (Phi) is 4.78. The molecule has 1 atom stereocenters. The maximum atomic E-state index is 13.4. The van der Waals surface area contributed by atoms with Gasteiger partial charge in [0, 0.05) is 12.1 Å². The highest BCUT2D eigenvalue weighted by molar-refractivity contribution is 5.99. The Morgan fingerprint density at radius 3 is 2.21 bits per heavy atom. The fraction of sp³-hybridized carbons (Fsp3) is 0.208. The average Bonchev–Trinajstić information content (AvgIpc) is 2.71. The summed E-state index contributed by atoms with van der Waals surface area (Å²) >= 11 is 0. The van der Waals surface area contributed by atoms with Crippen molar-refractivity contribution in [3.63, 3.8) is 0 Å². The molecule has 4 heteroatoms. The van der Waals surface area contributed by atoms with Crippen molar-refractivity contribution in [2.75, 3.05) is 7.11 Å². The summed E-state index contributed by atoms with van der Waals surface area (Å²) in [6.07, 6.45) is -0.516. The van der Waals surface area contributed by atoms with Crippen molar-refractivity contribution in [2.45, 2.75) is 26.6 Å². The standard InChI is InChI=1S/C24H23NO3/c1-16-7-11-18(12-8-16)15-25-23(26)20-5-4-6-21(27-3)22(20)28-24(25)19-13-9-17(2)10-14-19/h4-14,24H,15H2,1-3H3. The van der Waals surface area contributed by atoms with Crippen LogP contribution in [0.15, 0.2) is 66.7 Å². The molecule has 3 aromatic rings. The zero-order valence-corrected chi connectivity index (χ0v) is 16.3. The molecule has 0 saturated carbocycles. The Morgan fingerprint density at radius 2 is 1.57 bits per heavy atom. The van der Waals surface area contributed by atoms with Crippen molar-refractivity contribution in [3.05, 3.63) is 94.5 Å². The van der Waals surface area contributed by atoms with Crippen molar-refractivity contribution in [2.24, 2.45) is 0 Å². The van der Waals surface area contributed by atoms with E-state index in [1.807, 2.05) is 43.3 Å². The zero-order chi connectivity index (χ0) is 19.7. The summed E-state index contributed by atoms with van der Waals surface area (Å²) in [6, 6.07) is 21.7. The highest BCUT2D eigenvalue weighted by atomic mass is 16.5. The third-order valence-electron chi connectivity index (χ3n) is 5.04. The molecular weight excluding hydrogens is 350 g/mol. The first kappa shape index (κ1) is 18.1. The molecule has 4 rings (SSSR count). The molecule has 0 aromatic heterocycles. The Balaban J connectivity index is 1.78. The van der Waals surface area contributed by atoms with Crippen LogP contribution < -0.4 is 9.47 Å². The van der Waals surface area contributed by atoms with Crippen LogP contribution in [0.3, 0.4) is 0 Å². The first-order chi connectivity index (χ1) is 13.6. The van der Waals surface area contributed by atoms with Crippen LogP contribution >= 0.6 is 0 Å². The molecule has 142 valence electrons. The van der Waals surface area contributed by atoms with Crippen LogP contribution in [-0.4, -0.2) is 17.9 Å². The number of nitrogens with zero attached hydrogens (tertiary/aromatic N) is 1. The van der Waals surface area contributed by atoms with E-state index in [9.17, 15) is 4.79 Å². The summed E-state index contributed by atoms with van der Waals surface area (Å²) in [6.45, 7) is 4.56. The number of rotatable bonds is 4. The van der Waals surface area contributed by atoms with Gasteiger partial charge in [-0.2, -0.15) is 0 Å². The summed E-state index contributed by atoms with van der Waals surface area (Å²) in [5.74, 6) is 1.00. The van der Waals surface area contributed by atoms with E-state index in [0.29, 0.717) is 23.6 Å². The highest BCUT2D eigenvalue weighted by Crippen LogP contribution is 2.41. The quantitative estimate of drug-likeness (QED) is 0.643. The number of carbonyl (C=O) groups excluding carboxylic acids is 1. The topological polar surface area (TPSA) is 38.8 Å². The highest BCUT2D eigenvalue weighted by Gasteiger charge is 2.36. The van der Waals surface area contributed by atoms with E-state index in [-0.39, 0.29) is 5.91 Å². The Hall–Kier alpha value is -3.27. The van der Waals surface area contributed by atoms with E-state index < -0.39 is 6.23 Å². The number of methoxy groups -OCH3 is 1. The molecule has 1 amide bonds. The minimum Gasteiger partial charge on any atom is -0.493 e. The molecule has 0 radical (unpaired) electrons. The van der Waals surface area contributed by atoms with Crippen LogP contribution in [0, 0.1) is 13.8 Å². The molecule has 0 saturated heterocycles. The summed E-state index contributed by atoms with van der Waals surface area (Å²) in [5, 5.41) is 0. The van der Waals surface area contributed by atoms with Crippen molar-refractivity contribution < 1.29 is 14.3 Å². The van der Waals surface area contributed by atoms with Gasteiger partial charge in [-0.3, -0.25) is 9.69 Å². The van der Waals surface area contributed by atoms with Gasteiger partial charge in [0.2, 0.25) is 6.23 Å². The van der Waals surface area contributed by atoms with E-state index >= 15 is 0 Å². The Bertz CT molecular complexity index is 993. The number of para-hydroxylation sites is 1. The van der Waals surface area contributed by atoms with Crippen molar-refractivity contribution in [1.82, 2.24) is 4.90 Å². The maximum absolute atomic E-state index is 13.4. The second-order valence-electron chi connectivity index (χ2n) is 7.14. The van der Waals surface area contributed by atoms with Crippen LogP contribution in [0.1, 0.15) is 38.8 Å². The van der Waals surface area contributed by atoms with Gasteiger partial charge in [-0.05, 0) is 31.5 Å². The normalized spacial score (nSPS) is 15.8. The number of amides is 1. The van der Waals surface area contributed by atoms with E-state index in [2.05, 4.69) is 31.2 Å². The van der Waals surface area contributed by atoms with Crippen LogP contribution in [0.4, 0.5) is 0 Å². The van der Waals surface area contributed by atoms with Gasteiger partial charge < -0.3 is 9.47 Å². The second kappa shape index (κ2) is 7.39. The molecule has 1 unspecified atom stereocenters. The molecule has 0 spiro atoms. The number of hydrogen-bond donors (Lipinski definition) is 0. The van der Waals surface area contributed by atoms with Gasteiger partial charge in [0.15, 0.2) is 11.5 Å². The lowest BCUT2D eigenvalue weighted by Crippen LogP contribution is -2.41. The zero-order valence-electron chi connectivity index (χ0n) is 16.3. The average molecular weight is 373 g/mol. The lowest BCUT2D eigenvalue weighted by molar-refractivity contribution is 0.00332. The fourth-order valence-electron chi connectivity index (χ4n) is 3.43. The molecular formula is C24H23NO3. The molecule has 4 nitrogen and oxygen atoms in total. The van der Waals surface area contributed by atoms with E-state index in [1.165, 1.54) is 5.56 Å². The molecule has 1 heterocycles. The van der Waals surface area contributed by atoms with Crippen LogP contribution in [-0.2, 0) is 6.54 Å². The maximum Gasteiger partial charge on any atom is 0.261 e. The van der Waals surface area contributed by atoms with Crippen molar-refractivity contribution in [1.29, 1.82) is 0 Å². The number of carbonyl (C=O) groups is 1. The third-order valence-corrected chi connectivity index (χ3v) is 5.04. The number of benzene rings is 3. The fourth-order valence-corrected chi connectivity index (χ4v) is 3.43. The minimum atomic E-state index is -0.516. The molecule has 1 aliphatic heterocycles. The summed E-state index contributed by atoms with van der Waals surface area (Å²) in [7, 11) is 1.59. The predicted octanol–water partition coefficient (Wildman–Crippen LogP) is 5.05. The molecule has 28 heavy (non-hydrogen) atoms. The van der Waals surface area contributed by atoms with Gasteiger partial charge >= 0.3 is 0 Å². The second-order valence-corrected chi connectivity index (χ2v) is 7.14. The van der Waals surface area contributed by atoms with Gasteiger partial charge in [0.25, 0.3) is 5.91 Å². The van der Waals surface area contributed by atoms with Gasteiger partial charge in [-0.15, -0.1) is 0 Å². The molecule has 3 aromatic carbocycles. The monoisotopic (exact) mass is 373 g/mol. The van der Waals surface area contributed by atoms with E-state index in [1.54, 1.807) is 18.1 Å². The lowest BCUT2D eigenvalue weighted by Gasteiger charge is -2.37. The molecule has 0 bridgehead atoms. The van der Waals surface area contributed by atoms with E-state index in [4.69, 9.17) is 9.47 Å². The van der Waals surface area contributed by atoms with Gasteiger partial charge in [-0.25, -0.2) is 0 Å². The van der Waals surface area contributed by atoms with Crippen LogP contribution in [0.25, 0.3) is 0 Å². The smallest absolute Gasteiger partial charge is 0.261 e. The number of fused-ring (bicyclic) bond motifs is 1. The Labute approximate surface area is 165 Å². The molecule has 0 fully saturated rings.